The van der Waals surface area contributed by atoms with E-state index < -0.39 is 0 Å². The number of nitrogens with zero attached hydrogens (tertiary/aromatic N) is 1. The summed E-state index contributed by atoms with van der Waals surface area (Å²) < 4.78 is 0. The molecule has 0 spiro atoms. The van der Waals surface area contributed by atoms with Crippen molar-refractivity contribution in [3.63, 3.8) is 0 Å². The van der Waals surface area contributed by atoms with Crippen molar-refractivity contribution < 1.29 is 4.79 Å². The highest BCUT2D eigenvalue weighted by Crippen LogP contribution is 2.26. The zero-order chi connectivity index (χ0) is 16.8. The minimum absolute atomic E-state index is 0. The van der Waals surface area contributed by atoms with E-state index in [1.165, 1.54) is 11.1 Å². The number of rotatable bonds is 7. The number of carbonyl (C=O) groups excluding carboxylic acids is 1. The van der Waals surface area contributed by atoms with E-state index in [1.807, 2.05) is 6.07 Å². The second-order valence-electron chi connectivity index (χ2n) is 7.11. The molecular weight excluding hydrogens is 357 g/mol. The lowest BCUT2D eigenvalue weighted by Crippen LogP contribution is -2.32. The van der Waals surface area contributed by atoms with Crippen LogP contribution in [-0.4, -0.2) is 29.9 Å². The van der Waals surface area contributed by atoms with E-state index in [2.05, 4.69) is 49.3 Å². The van der Waals surface area contributed by atoms with Crippen molar-refractivity contribution in [2.45, 2.75) is 64.7 Å². The molecule has 0 bridgehead atoms. The molecule has 25 heavy (non-hydrogen) atoms. The number of benzene rings is 1. The van der Waals surface area contributed by atoms with Gasteiger partial charge in [-0.3, -0.25) is 9.69 Å². The Balaban J connectivity index is 0.00000288. The number of hydrogen-bond donors (Lipinski definition) is 2. The summed E-state index contributed by atoms with van der Waals surface area (Å²) in [7, 11) is 2.13. The number of amides is 1. The van der Waals surface area contributed by atoms with Gasteiger partial charge in [0, 0.05) is 31.6 Å². The Hall–Kier alpha value is -0.810. The van der Waals surface area contributed by atoms with E-state index >= 15 is 0 Å². The molecule has 4 nitrogen and oxygen atoms in total. The molecule has 144 valence electrons. The molecule has 1 amide bonds. The van der Waals surface area contributed by atoms with Crippen LogP contribution in [0.15, 0.2) is 24.3 Å². The van der Waals surface area contributed by atoms with Gasteiger partial charge in [-0.1, -0.05) is 30.7 Å². The van der Waals surface area contributed by atoms with Crippen LogP contribution in [0, 0.1) is 5.92 Å². The number of halogens is 2. The largest absolute Gasteiger partial charge is 0.352 e. The van der Waals surface area contributed by atoms with Gasteiger partial charge in [0.2, 0.25) is 5.91 Å². The molecule has 0 saturated heterocycles. The Morgan fingerprint density at radius 3 is 2.44 bits per heavy atom. The summed E-state index contributed by atoms with van der Waals surface area (Å²) in [5, 5.41) is 3.08. The monoisotopic (exact) mass is 389 g/mol. The van der Waals surface area contributed by atoms with Gasteiger partial charge >= 0.3 is 0 Å². The summed E-state index contributed by atoms with van der Waals surface area (Å²) in [5.74, 6) is 0.483. The highest BCUT2D eigenvalue weighted by molar-refractivity contribution is 5.85. The van der Waals surface area contributed by atoms with Crippen LogP contribution in [0.5, 0.6) is 0 Å². The smallest absolute Gasteiger partial charge is 0.220 e. The molecule has 1 aromatic rings. The Kier molecular flexibility index (Phi) is 11.4. The van der Waals surface area contributed by atoms with Crippen LogP contribution in [-0.2, 0) is 17.9 Å². The van der Waals surface area contributed by atoms with Crippen LogP contribution >= 0.6 is 24.8 Å². The second-order valence-corrected chi connectivity index (χ2v) is 7.11. The lowest BCUT2D eigenvalue weighted by atomic mass is 9.99. The van der Waals surface area contributed by atoms with E-state index in [1.54, 1.807) is 0 Å². The van der Waals surface area contributed by atoms with Gasteiger partial charge < -0.3 is 11.1 Å². The SMILES string of the molecule is CC(C)N(C)Cc1ccccc1CNC(=O)C[C@@H]1CCC[C@H]1N.Cl.Cl. The number of nitrogens with two attached hydrogens (primary N) is 1. The lowest BCUT2D eigenvalue weighted by Gasteiger charge is -2.22. The third kappa shape index (κ3) is 7.53. The van der Waals surface area contributed by atoms with Gasteiger partial charge in [-0.25, -0.2) is 0 Å². The normalized spacial score (nSPS) is 19.4. The molecule has 2 atom stereocenters. The molecule has 6 heteroatoms. The Morgan fingerprint density at radius 1 is 1.24 bits per heavy atom. The van der Waals surface area contributed by atoms with Crippen molar-refractivity contribution >= 4 is 30.7 Å². The maximum Gasteiger partial charge on any atom is 0.220 e. The molecular formula is C19H33Cl2N3O. The molecule has 1 saturated carbocycles. The fourth-order valence-electron chi connectivity index (χ4n) is 3.16. The lowest BCUT2D eigenvalue weighted by molar-refractivity contribution is -0.122. The molecule has 0 aromatic heterocycles. The molecule has 1 aliphatic carbocycles. The van der Waals surface area contributed by atoms with Gasteiger partial charge in [0.1, 0.15) is 0 Å². The zero-order valence-corrected chi connectivity index (χ0v) is 17.2. The average Bonchev–Trinajstić information content (AvgIpc) is 2.91. The van der Waals surface area contributed by atoms with Crippen LogP contribution in [0.4, 0.5) is 0 Å². The first-order valence-corrected chi connectivity index (χ1v) is 8.76. The predicted molar refractivity (Wildman–Crippen MR) is 109 cm³/mol. The quantitative estimate of drug-likeness (QED) is 0.749. The maximum absolute atomic E-state index is 12.2. The fourth-order valence-corrected chi connectivity index (χ4v) is 3.16. The first kappa shape index (κ1) is 24.2. The molecule has 0 aliphatic heterocycles. The first-order valence-electron chi connectivity index (χ1n) is 8.76. The van der Waals surface area contributed by atoms with Crippen LogP contribution in [0.2, 0.25) is 0 Å². The zero-order valence-electron chi connectivity index (χ0n) is 15.5. The van der Waals surface area contributed by atoms with Gasteiger partial charge in [-0.05, 0) is 50.8 Å². The molecule has 1 aromatic carbocycles. The molecule has 1 aliphatic rings. The highest BCUT2D eigenvalue weighted by Gasteiger charge is 2.25. The first-order chi connectivity index (χ1) is 11.0. The van der Waals surface area contributed by atoms with E-state index in [0.29, 0.717) is 24.9 Å². The molecule has 1 fully saturated rings. The standard InChI is InChI=1S/C19H31N3O.2ClH/c1-14(2)22(3)13-17-8-5-4-7-16(17)12-21-19(23)11-15-9-6-10-18(15)20;;/h4-5,7-8,14-15,18H,6,9-13,20H2,1-3H3,(H,21,23);2*1H/t15-,18+;;/m0../s1. The van der Waals surface area contributed by atoms with E-state index in [0.717, 1.165) is 25.8 Å². The molecule has 0 radical (unpaired) electrons. The molecule has 0 heterocycles. The second kappa shape index (κ2) is 11.7. The van der Waals surface area contributed by atoms with Crippen LogP contribution in [0.25, 0.3) is 0 Å². The number of carbonyl (C=O) groups is 1. The van der Waals surface area contributed by atoms with Crippen molar-refractivity contribution in [2.24, 2.45) is 11.7 Å². The van der Waals surface area contributed by atoms with Crippen molar-refractivity contribution in [2.75, 3.05) is 7.05 Å². The Bertz CT molecular complexity index is 525. The summed E-state index contributed by atoms with van der Waals surface area (Å²) in [5.41, 5.74) is 8.53. The topological polar surface area (TPSA) is 58.4 Å². The summed E-state index contributed by atoms with van der Waals surface area (Å²) in [4.78, 5) is 14.5. The van der Waals surface area contributed by atoms with E-state index in [9.17, 15) is 4.79 Å². The summed E-state index contributed by atoms with van der Waals surface area (Å²) >= 11 is 0. The highest BCUT2D eigenvalue weighted by atomic mass is 35.5. The molecule has 0 unspecified atom stereocenters. The third-order valence-electron chi connectivity index (χ3n) is 5.06. The third-order valence-corrected chi connectivity index (χ3v) is 5.06. The number of nitrogens with one attached hydrogen (secondary N) is 1. The van der Waals surface area contributed by atoms with Crippen LogP contribution in [0.3, 0.4) is 0 Å². The maximum atomic E-state index is 12.2. The Morgan fingerprint density at radius 2 is 1.88 bits per heavy atom. The average molecular weight is 390 g/mol. The van der Waals surface area contributed by atoms with Crippen LogP contribution < -0.4 is 11.1 Å². The minimum Gasteiger partial charge on any atom is -0.352 e. The summed E-state index contributed by atoms with van der Waals surface area (Å²) in [6.45, 7) is 5.88. The molecule has 2 rings (SSSR count). The predicted octanol–water partition coefficient (Wildman–Crippen LogP) is 3.50. The van der Waals surface area contributed by atoms with Crippen molar-refractivity contribution in [1.82, 2.24) is 10.2 Å². The summed E-state index contributed by atoms with van der Waals surface area (Å²) in [6, 6.07) is 9.05. The Labute approximate surface area is 164 Å². The summed E-state index contributed by atoms with van der Waals surface area (Å²) in [6.07, 6.45) is 3.87. The number of hydrogen-bond acceptors (Lipinski definition) is 3. The van der Waals surface area contributed by atoms with Gasteiger partial charge in [-0.15, -0.1) is 24.8 Å². The van der Waals surface area contributed by atoms with Crippen molar-refractivity contribution in [3.05, 3.63) is 35.4 Å². The molecule has 3 N–H and O–H groups in total. The van der Waals surface area contributed by atoms with Gasteiger partial charge in [0.15, 0.2) is 0 Å². The van der Waals surface area contributed by atoms with Crippen molar-refractivity contribution in [3.8, 4) is 0 Å². The minimum atomic E-state index is 0. The van der Waals surface area contributed by atoms with Crippen molar-refractivity contribution in [1.29, 1.82) is 0 Å². The van der Waals surface area contributed by atoms with Gasteiger partial charge in [-0.2, -0.15) is 0 Å². The van der Waals surface area contributed by atoms with E-state index in [-0.39, 0.29) is 36.8 Å². The van der Waals surface area contributed by atoms with Gasteiger partial charge in [0.25, 0.3) is 0 Å². The van der Waals surface area contributed by atoms with Crippen LogP contribution in [0.1, 0.15) is 50.7 Å². The van der Waals surface area contributed by atoms with Gasteiger partial charge in [0.05, 0.1) is 0 Å². The van der Waals surface area contributed by atoms with E-state index in [4.69, 9.17) is 5.73 Å². The fraction of sp³-hybridized carbons (Fsp3) is 0.632.